The molecule has 0 aromatic heterocycles. The summed E-state index contributed by atoms with van der Waals surface area (Å²) in [5.41, 5.74) is 1.41. The normalized spacial score (nSPS) is 36.6. The Bertz CT molecular complexity index is 701. The number of rotatable bonds is 4. The second-order valence-corrected chi connectivity index (χ2v) is 9.22. The topological polar surface area (TPSA) is 67.4 Å². The Balaban J connectivity index is 1.22. The van der Waals surface area contributed by atoms with E-state index < -0.39 is 0 Å². The highest BCUT2D eigenvalue weighted by atomic mass is 16.5. The summed E-state index contributed by atoms with van der Waals surface area (Å²) in [6, 6.07) is 7.46. The van der Waals surface area contributed by atoms with Crippen LogP contribution >= 0.6 is 0 Å². The fourth-order valence-corrected chi connectivity index (χ4v) is 6.30. The maximum absolute atomic E-state index is 13.1. The van der Waals surface area contributed by atoms with E-state index in [4.69, 9.17) is 4.74 Å². The van der Waals surface area contributed by atoms with Gasteiger partial charge in [-0.1, -0.05) is 0 Å². The van der Waals surface area contributed by atoms with Crippen LogP contribution in [0.2, 0.25) is 0 Å². The Morgan fingerprint density at radius 1 is 0.889 bits per heavy atom. The summed E-state index contributed by atoms with van der Waals surface area (Å²) >= 11 is 0. The third-order valence-electron chi connectivity index (χ3n) is 7.15. The van der Waals surface area contributed by atoms with Crippen molar-refractivity contribution < 1.29 is 14.3 Å². The van der Waals surface area contributed by atoms with Crippen molar-refractivity contribution in [3.05, 3.63) is 24.3 Å². The number of ether oxygens (including phenoxy) is 1. The second-order valence-electron chi connectivity index (χ2n) is 9.22. The van der Waals surface area contributed by atoms with Gasteiger partial charge in [-0.3, -0.25) is 9.59 Å². The van der Waals surface area contributed by atoms with E-state index in [1.807, 2.05) is 24.3 Å². The van der Waals surface area contributed by atoms with Crippen LogP contribution in [0.1, 0.15) is 51.4 Å². The molecular formula is C22H28N2O3. The number of anilines is 2. The van der Waals surface area contributed by atoms with Crippen molar-refractivity contribution in [3.63, 3.8) is 0 Å². The molecule has 2 N–H and O–H groups in total. The van der Waals surface area contributed by atoms with Gasteiger partial charge in [-0.15, -0.1) is 0 Å². The Kier molecular flexibility index (Phi) is 4.23. The molecule has 4 saturated carbocycles. The van der Waals surface area contributed by atoms with Crippen LogP contribution in [-0.4, -0.2) is 24.5 Å². The van der Waals surface area contributed by atoms with Gasteiger partial charge in [0.1, 0.15) is 6.10 Å². The van der Waals surface area contributed by atoms with Gasteiger partial charge in [0.05, 0.1) is 5.41 Å². The molecule has 1 saturated heterocycles. The Hall–Kier alpha value is -1.88. The molecule has 1 aliphatic heterocycles. The molecule has 1 aromatic rings. The molecule has 144 valence electrons. The molecule has 1 aromatic carbocycles. The van der Waals surface area contributed by atoms with Crippen molar-refractivity contribution in [2.24, 2.45) is 23.2 Å². The molecule has 6 rings (SSSR count). The largest absolute Gasteiger partial charge is 0.368 e. The van der Waals surface area contributed by atoms with Crippen molar-refractivity contribution in [2.45, 2.75) is 57.5 Å². The number of benzene rings is 1. The maximum Gasteiger partial charge on any atom is 0.253 e. The summed E-state index contributed by atoms with van der Waals surface area (Å²) < 4.78 is 5.41. The van der Waals surface area contributed by atoms with Crippen molar-refractivity contribution in [3.8, 4) is 0 Å². The Morgan fingerprint density at radius 3 is 1.96 bits per heavy atom. The van der Waals surface area contributed by atoms with Gasteiger partial charge in [-0.05, 0) is 93.4 Å². The molecule has 0 radical (unpaired) electrons. The van der Waals surface area contributed by atoms with Crippen molar-refractivity contribution in [2.75, 3.05) is 17.2 Å². The summed E-state index contributed by atoms with van der Waals surface area (Å²) in [6.45, 7) is 0.660. The SMILES string of the molecule is O=C(Nc1ccc(NC(=O)C23CC4CC(CC(C4)C2)C3)cc1)C1CCCO1. The van der Waals surface area contributed by atoms with E-state index >= 15 is 0 Å². The molecule has 5 aliphatic rings. The standard InChI is InChI=1S/C22H28N2O3/c25-20(19-2-1-7-27-19)23-17-3-5-18(6-4-17)24-21(26)22-11-14-8-15(12-22)10-16(9-14)13-22/h3-6,14-16,19H,1-2,7-13H2,(H,23,25)(H,24,26). The minimum Gasteiger partial charge on any atom is -0.368 e. The molecule has 2 amide bonds. The number of amides is 2. The van der Waals surface area contributed by atoms with Gasteiger partial charge >= 0.3 is 0 Å². The lowest BCUT2D eigenvalue weighted by Crippen LogP contribution is -2.51. The lowest BCUT2D eigenvalue weighted by molar-refractivity contribution is -0.140. The van der Waals surface area contributed by atoms with Gasteiger partial charge < -0.3 is 15.4 Å². The predicted molar refractivity (Wildman–Crippen MR) is 103 cm³/mol. The second kappa shape index (κ2) is 6.62. The number of carbonyl (C=O) groups is 2. The number of hydrogen-bond donors (Lipinski definition) is 2. The predicted octanol–water partition coefficient (Wildman–Crippen LogP) is 3.96. The van der Waals surface area contributed by atoms with Gasteiger partial charge in [0, 0.05) is 18.0 Å². The first-order chi connectivity index (χ1) is 13.1. The highest BCUT2D eigenvalue weighted by Gasteiger charge is 2.54. The number of carbonyl (C=O) groups excluding carboxylic acids is 2. The molecular weight excluding hydrogens is 340 g/mol. The van der Waals surface area contributed by atoms with Crippen LogP contribution in [0, 0.1) is 23.2 Å². The van der Waals surface area contributed by atoms with Crippen LogP contribution in [0.25, 0.3) is 0 Å². The fraction of sp³-hybridized carbons (Fsp3) is 0.636. The van der Waals surface area contributed by atoms with Gasteiger partial charge in [0.25, 0.3) is 5.91 Å². The zero-order valence-corrected chi connectivity index (χ0v) is 15.7. The monoisotopic (exact) mass is 368 g/mol. The van der Waals surface area contributed by atoms with E-state index in [0.717, 1.165) is 61.2 Å². The summed E-state index contributed by atoms with van der Waals surface area (Å²) in [7, 11) is 0. The van der Waals surface area contributed by atoms with E-state index in [-0.39, 0.29) is 23.3 Å². The van der Waals surface area contributed by atoms with Gasteiger partial charge in [0.15, 0.2) is 0 Å². The molecule has 4 bridgehead atoms. The van der Waals surface area contributed by atoms with E-state index in [1.54, 1.807) is 0 Å². The van der Waals surface area contributed by atoms with Gasteiger partial charge in [-0.25, -0.2) is 0 Å². The summed E-state index contributed by atoms with van der Waals surface area (Å²) in [6.07, 6.45) is 8.61. The minimum atomic E-state index is -0.333. The lowest BCUT2D eigenvalue weighted by atomic mass is 9.49. The van der Waals surface area contributed by atoms with E-state index in [2.05, 4.69) is 10.6 Å². The average Bonchev–Trinajstić information content (AvgIpc) is 3.17. The fourth-order valence-electron chi connectivity index (χ4n) is 6.30. The van der Waals surface area contributed by atoms with Crippen molar-refractivity contribution in [1.29, 1.82) is 0 Å². The molecule has 1 atom stereocenters. The smallest absolute Gasteiger partial charge is 0.253 e. The highest BCUT2D eigenvalue weighted by Crippen LogP contribution is 2.60. The zero-order chi connectivity index (χ0) is 18.4. The van der Waals surface area contributed by atoms with Gasteiger partial charge in [0.2, 0.25) is 5.91 Å². The van der Waals surface area contributed by atoms with E-state index in [0.29, 0.717) is 6.61 Å². The third-order valence-corrected chi connectivity index (χ3v) is 7.15. The summed E-state index contributed by atoms with van der Waals surface area (Å²) in [5.74, 6) is 2.41. The summed E-state index contributed by atoms with van der Waals surface area (Å²) in [5, 5.41) is 6.05. The van der Waals surface area contributed by atoms with Crippen molar-refractivity contribution >= 4 is 23.2 Å². The molecule has 4 aliphatic carbocycles. The molecule has 5 heteroatoms. The minimum absolute atomic E-state index is 0.0853. The van der Waals surface area contributed by atoms with Crippen LogP contribution in [-0.2, 0) is 14.3 Å². The maximum atomic E-state index is 13.1. The number of nitrogens with one attached hydrogen (secondary N) is 2. The van der Waals surface area contributed by atoms with E-state index in [1.165, 1.54) is 19.3 Å². The van der Waals surface area contributed by atoms with Crippen LogP contribution in [0.5, 0.6) is 0 Å². The molecule has 27 heavy (non-hydrogen) atoms. The van der Waals surface area contributed by atoms with Crippen molar-refractivity contribution in [1.82, 2.24) is 0 Å². The molecule has 5 fully saturated rings. The highest BCUT2D eigenvalue weighted by molar-refractivity contribution is 5.97. The first-order valence-corrected chi connectivity index (χ1v) is 10.4. The van der Waals surface area contributed by atoms with Crippen LogP contribution in [0.3, 0.4) is 0 Å². The third kappa shape index (κ3) is 3.27. The first-order valence-electron chi connectivity index (χ1n) is 10.4. The Morgan fingerprint density at radius 2 is 1.44 bits per heavy atom. The molecule has 5 nitrogen and oxygen atoms in total. The van der Waals surface area contributed by atoms with Crippen LogP contribution in [0.4, 0.5) is 11.4 Å². The van der Waals surface area contributed by atoms with E-state index in [9.17, 15) is 9.59 Å². The average molecular weight is 368 g/mol. The zero-order valence-electron chi connectivity index (χ0n) is 15.7. The Labute approximate surface area is 160 Å². The molecule has 1 unspecified atom stereocenters. The lowest BCUT2D eigenvalue weighted by Gasteiger charge is -2.55. The van der Waals surface area contributed by atoms with Crippen LogP contribution < -0.4 is 10.6 Å². The number of hydrogen-bond acceptors (Lipinski definition) is 3. The quantitative estimate of drug-likeness (QED) is 0.845. The van der Waals surface area contributed by atoms with Crippen LogP contribution in [0.15, 0.2) is 24.3 Å². The molecule has 1 heterocycles. The van der Waals surface area contributed by atoms with Gasteiger partial charge in [-0.2, -0.15) is 0 Å². The molecule has 0 spiro atoms. The summed E-state index contributed by atoms with van der Waals surface area (Å²) in [4.78, 5) is 25.2. The first kappa shape index (κ1) is 17.2.